The van der Waals surface area contributed by atoms with E-state index < -0.39 is 0 Å². The fraction of sp³-hybridized carbons (Fsp3) is 0.667. The molecule has 3 unspecified atom stereocenters. The van der Waals surface area contributed by atoms with Gasteiger partial charge in [-0.25, -0.2) is 0 Å². The van der Waals surface area contributed by atoms with Gasteiger partial charge in [-0.15, -0.1) is 11.3 Å². The molecule has 20 heavy (non-hydrogen) atoms. The minimum Gasteiger partial charge on any atom is -0.317 e. The van der Waals surface area contributed by atoms with E-state index >= 15 is 0 Å². The van der Waals surface area contributed by atoms with Gasteiger partial charge in [-0.1, -0.05) is 13.8 Å². The smallest absolute Gasteiger partial charge is 0.241 e. The third-order valence-electron chi connectivity index (χ3n) is 3.67. The Balaban J connectivity index is 2.21. The average molecular weight is 313 g/mol. The number of amides is 1. The molecule has 1 amide bonds. The van der Waals surface area contributed by atoms with E-state index in [2.05, 4.69) is 50.0 Å². The summed E-state index contributed by atoms with van der Waals surface area (Å²) < 4.78 is 0. The van der Waals surface area contributed by atoms with Crippen molar-refractivity contribution in [2.75, 3.05) is 11.5 Å². The molecular formula is C15H24N2OS2. The lowest BCUT2D eigenvalue weighted by Crippen LogP contribution is -2.39. The van der Waals surface area contributed by atoms with Crippen molar-refractivity contribution in [1.29, 1.82) is 0 Å². The van der Waals surface area contributed by atoms with Crippen LogP contribution in [0.15, 0.2) is 12.1 Å². The largest absolute Gasteiger partial charge is 0.317 e. The molecule has 0 bridgehead atoms. The van der Waals surface area contributed by atoms with Gasteiger partial charge in [0.25, 0.3) is 0 Å². The lowest BCUT2D eigenvalue weighted by molar-refractivity contribution is -0.131. The van der Waals surface area contributed by atoms with E-state index in [-0.39, 0.29) is 24.2 Å². The molecular weight excluding hydrogens is 288 g/mol. The summed E-state index contributed by atoms with van der Waals surface area (Å²) in [6.45, 7) is 8.51. The minimum absolute atomic E-state index is 0.0310. The summed E-state index contributed by atoms with van der Waals surface area (Å²) in [7, 11) is 0. The summed E-state index contributed by atoms with van der Waals surface area (Å²) in [5.41, 5.74) is 0. The Morgan fingerprint density at radius 3 is 2.75 bits per heavy atom. The maximum absolute atomic E-state index is 12.6. The molecule has 1 aliphatic heterocycles. The van der Waals surface area contributed by atoms with Crippen LogP contribution in [0.3, 0.4) is 0 Å². The quantitative estimate of drug-likeness (QED) is 0.873. The van der Waals surface area contributed by atoms with Crippen molar-refractivity contribution in [2.24, 2.45) is 0 Å². The molecule has 2 rings (SSSR count). The molecule has 0 spiro atoms. The SMILES string of the molecule is CCSCC(C)N1C(=O)C(CC)NC1c1ccc(C)s1. The molecule has 5 heteroatoms. The van der Waals surface area contributed by atoms with Crippen molar-refractivity contribution >= 4 is 29.0 Å². The van der Waals surface area contributed by atoms with Crippen LogP contribution in [0.2, 0.25) is 0 Å². The zero-order valence-corrected chi connectivity index (χ0v) is 14.3. The topological polar surface area (TPSA) is 32.3 Å². The molecule has 0 radical (unpaired) electrons. The van der Waals surface area contributed by atoms with Gasteiger partial charge in [0.2, 0.25) is 5.91 Å². The normalized spacial score (nSPS) is 24.4. The number of nitrogens with zero attached hydrogens (tertiary/aromatic N) is 1. The summed E-state index contributed by atoms with van der Waals surface area (Å²) in [4.78, 5) is 17.2. The van der Waals surface area contributed by atoms with Crippen LogP contribution in [0.5, 0.6) is 0 Å². The Hall–Kier alpha value is -0.520. The molecule has 3 nitrogen and oxygen atoms in total. The molecule has 0 aliphatic carbocycles. The van der Waals surface area contributed by atoms with Crippen LogP contribution in [-0.4, -0.2) is 34.4 Å². The number of thiophene rings is 1. The van der Waals surface area contributed by atoms with Gasteiger partial charge < -0.3 is 4.90 Å². The van der Waals surface area contributed by atoms with Crippen molar-refractivity contribution in [3.8, 4) is 0 Å². The van der Waals surface area contributed by atoms with E-state index in [4.69, 9.17) is 0 Å². The van der Waals surface area contributed by atoms with Gasteiger partial charge in [0.15, 0.2) is 0 Å². The van der Waals surface area contributed by atoms with Crippen LogP contribution in [0, 0.1) is 6.92 Å². The molecule has 2 heterocycles. The number of hydrogen-bond acceptors (Lipinski definition) is 4. The second-order valence-corrected chi connectivity index (χ2v) is 7.87. The minimum atomic E-state index is -0.0310. The van der Waals surface area contributed by atoms with Crippen molar-refractivity contribution < 1.29 is 4.79 Å². The summed E-state index contributed by atoms with van der Waals surface area (Å²) in [5.74, 6) is 2.36. The van der Waals surface area contributed by atoms with E-state index in [0.717, 1.165) is 17.9 Å². The second-order valence-electron chi connectivity index (χ2n) is 5.23. The summed E-state index contributed by atoms with van der Waals surface area (Å²) >= 11 is 3.68. The number of carbonyl (C=O) groups excluding carboxylic acids is 1. The number of aryl methyl sites for hydroxylation is 1. The molecule has 0 aromatic carbocycles. The van der Waals surface area contributed by atoms with Gasteiger partial charge in [-0.2, -0.15) is 11.8 Å². The highest BCUT2D eigenvalue weighted by atomic mass is 32.2. The number of nitrogens with one attached hydrogen (secondary N) is 1. The van der Waals surface area contributed by atoms with Crippen molar-refractivity contribution in [3.05, 3.63) is 21.9 Å². The van der Waals surface area contributed by atoms with E-state index in [1.165, 1.54) is 9.75 Å². The molecule has 1 aliphatic rings. The highest BCUT2D eigenvalue weighted by molar-refractivity contribution is 7.99. The molecule has 1 saturated heterocycles. The van der Waals surface area contributed by atoms with E-state index in [0.29, 0.717) is 0 Å². The maximum Gasteiger partial charge on any atom is 0.241 e. The van der Waals surface area contributed by atoms with Gasteiger partial charge in [-0.05, 0) is 38.2 Å². The summed E-state index contributed by atoms with van der Waals surface area (Å²) in [5, 5.41) is 3.50. The van der Waals surface area contributed by atoms with Crippen molar-refractivity contribution in [3.63, 3.8) is 0 Å². The average Bonchev–Trinajstić information content (AvgIpc) is 2.99. The van der Waals surface area contributed by atoms with Gasteiger partial charge in [0.1, 0.15) is 6.17 Å². The van der Waals surface area contributed by atoms with Crippen LogP contribution >= 0.6 is 23.1 Å². The number of hydrogen-bond donors (Lipinski definition) is 1. The first-order valence-corrected chi connectivity index (χ1v) is 9.27. The Kier molecular flexibility index (Phi) is 5.52. The molecule has 1 aromatic rings. The first kappa shape index (κ1) is 15.9. The molecule has 3 atom stereocenters. The van der Waals surface area contributed by atoms with Crippen LogP contribution in [0.1, 0.15) is 43.1 Å². The van der Waals surface area contributed by atoms with Crippen LogP contribution in [0.4, 0.5) is 0 Å². The van der Waals surface area contributed by atoms with E-state index in [1.54, 1.807) is 11.3 Å². The van der Waals surface area contributed by atoms with Crippen LogP contribution in [-0.2, 0) is 4.79 Å². The van der Waals surface area contributed by atoms with Gasteiger partial charge in [0, 0.05) is 21.5 Å². The fourth-order valence-electron chi connectivity index (χ4n) is 2.60. The lowest BCUT2D eigenvalue weighted by atomic mass is 10.2. The maximum atomic E-state index is 12.6. The lowest BCUT2D eigenvalue weighted by Gasteiger charge is -2.29. The third kappa shape index (κ3) is 3.21. The van der Waals surface area contributed by atoms with E-state index in [1.807, 2.05) is 11.8 Å². The molecule has 112 valence electrons. The summed E-state index contributed by atoms with van der Waals surface area (Å²) in [6.07, 6.45) is 0.905. The predicted octanol–water partition coefficient (Wildman–Crippen LogP) is 3.41. The van der Waals surface area contributed by atoms with E-state index in [9.17, 15) is 4.79 Å². The number of carbonyl (C=O) groups is 1. The zero-order chi connectivity index (χ0) is 14.7. The van der Waals surface area contributed by atoms with Gasteiger partial charge in [0.05, 0.1) is 6.04 Å². The Morgan fingerprint density at radius 2 is 2.20 bits per heavy atom. The number of thioether (sulfide) groups is 1. The predicted molar refractivity (Wildman–Crippen MR) is 88.3 cm³/mol. The highest BCUT2D eigenvalue weighted by Crippen LogP contribution is 2.33. The summed E-state index contributed by atoms with van der Waals surface area (Å²) in [6, 6.07) is 4.52. The number of rotatable bonds is 6. The highest BCUT2D eigenvalue weighted by Gasteiger charge is 2.41. The third-order valence-corrected chi connectivity index (χ3v) is 5.85. The standard InChI is InChI=1S/C15H24N2OS2/c1-5-12-15(18)17(10(3)9-19-6-2)14(16-12)13-8-7-11(4)20-13/h7-8,10,12,14,16H,5-6,9H2,1-4H3. The molecule has 1 N–H and O–H groups in total. The molecule has 1 aromatic heterocycles. The Morgan fingerprint density at radius 1 is 1.45 bits per heavy atom. The molecule has 0 saturated carbocycles. The second kappa shape index (κ2) is 6.96. The molecule has 1 fully saturated rings. The van der Waals surface area contributed by atoms with Crippen LogP contribution in [0.25, 0.3) is 0 Å². The van der Waals surface area contributed by atoms with Crippen molar-refractivity contribution in [2.45, 2.75) is 52.4 Å². The first-order valence-electron chi connectivity index (χ1n) is 7.30. The van der Waals surface area contributed by atoms with Crippen LogP contribution < -0.4 is 5.32 Å². The first-order chi connectivity index (χ1) is 9.58. The monoisotopic (exact) mass is 312 g/mol. The zero-order valence-electron chi connectivity index (χ0n) is 12.7. The van der Waals surface area contributed by atoms with Gasteiger partial charge >= 0.3 is 0 Å². The fourth-order valence-corrected chi connectivity index (χ4v) is 4.28. The Labute approximate surface area is 130 Å². The van der Waals surface area contributed by atoms with Gasteiger partial charge in [-0.3, -0.25) is 10.1 Å². The van der Waals surface area contributed by atoms with Crippen molar-refractivity contribution in [1.82, 2.24) is 10.2 Å². The Bertz CT molecular complexity index is 460.